The summed E-state index contributed by atoms with van der Waals surface area (Å²) in [7, 11) is 0. The van der Waals surface area contributed by atoms with Crippen LogP contribution in [0.1, 0.15) is 41.4 Å². The summed E-state index contributed by atoms with van der Waals surface area (Å²) in [6, 6.07) is 17.5. The second-order valence-corrected chi connectivity index (χ2v) is 7.63. The van der Waals surface area contributed by atoms with E-state index in [9.17, 15) is 10.1 Å². The number of hydrogen-bond acceptors (Lipinski definition) is 4. The van der Waals surface area contributed by atoms with Crippen LogP contribution in [-0.2, 0) is 9.53 Å². The Labute approximate surface area is 168 Å². The molecule has 2 aliphatic rings. The van der Waals surface area contributed by atoms with Crippen molar-refractivity contribution in [2.45, 2.75) is 31.6 Å². The lowest BCUT2D eigenvalue weighted by atomic mass is 9.73. The van der Waals surface area contributed by atoms with Crippen LogP contribution in [0.25, 0.3) is 0 Å². The summed E-state index contributed by atoms with van der Waals surface area (Å²) in [4.78, 5) is 13.2. The number of nitrogens with two attached hydrogens (primary N) is 1. The summed E-state index contributed by atoms with van der Waals surface area (Å²) in [5.74, 6) is -0.00661. The molecular formula is C23H19ClN2O2. The Bertz CT molecular complexity index is 1060. The molecule has 2 aromatic rings. The van der Waals surface area contributed by atoms with Crippen LogP contribution in [0.3, 0.4) is 0 Å². The van der Waals surface area contributed by atoms with Crippen molar-refractivity contribution in [2.75, 3.05) is 0 Å². The third-order valence-corrected chi connectivity index (χ3v) is 5.77. The van der Waals surface area contributed by atoms with Gasteiger partial charge >= 0.3 is 0 Å². The topological polar surface area (TPSA) is 76.1 Å². The predicted molar refractivity (Wildman–Crippen MR) is 107 cm³/mol. The summed E-state index contributed by atoms with van der Waals surface area (Å²) in [6.45, 7) is 2.03. The third kappa shape index (κ3) is 3.08. The van der Waals surface area contributed by atoms with Gasteiger partial charge in [-0.3, -0.25) is 4.79 Å². The number of allylic oxidation sites excluding steroid dienone is 3. The van der Waals surface area contributed by atoms with Gasteiger partial charge in [-0.05, 0) is 30.0 Å². The lowest BCUT2D eigenvalue weighted by molar-refractivity contribution is -0.117. The van der Waals surface area contributed by atoms with Crippen molar-refractivity contribution in [1.82, 2.24) is 0 Å². The van der Waals surface area contributed by atoms with Crippen LogP contribution >= 0.6 is 11.6 Å². The molecule has 4 rings (SSSR count). The number of rotatable bonds is 2. The molecule has 0 aromatic heterocycles. The van der Waals surface area contributed by atoms with Gasteiger partial charge in [0.15, 0.2) is 5.78 Å². The summed E-state index contributed by atoms with van der Waals surface area (Å²) in [6.07, 6.45) is 0.926. The number of carbonyl (C=O) groups is 1. The van der Waals surface area contributed by atoms with Crippen LogP contribution in [0.15, 0.2) is 71.3 Å². The van der Waals surface area contributed by atoms with E-state index >= 15 is 0 Å². The van der Waals surface area contributed by atoms with Crippen LogP contribution in [0.5, 0.6) is 0 Å². The second kappa shape index (κ2) is 7.18. The van der Waals surface area contributed by atoms with Crippen LogP contribution in [0, 0.1) is 18.3 Å². The molecule has 0 spiro atoms. The normalized spacial score (nSPS) is 21.8. The van der Waals surface area contributed by atoms with E-state index in [0.717, 1.165) is 5.56 Å². The molecule has 2 aromatic carbocycles. The quantitative estimate of drug-likeness (QED) is 0.794. The standard InChI is InChI=1S/C23H19ClN2O2/c1-13-6-8-14(9-7-13)15-10-19(27)22-20(11-15)28-23(26)17(12-25)21(22)16-4-2-3-5-18(16)24/h2-9,15,21H,10-11,26H2,1H3/t15-,21+/m1/s1. The fourth-order valence-corrected chi connectivity index (χ4v) is 4.25. The van der Waals surface area contributed by atoms with Crippen molar-refractivity contribution < 1.29 is 9.53 Å². The summed E-state index contributed by atoms with van der Waals surface area (Å²) >= 11 is 6.40. The van der Waals surface area contributed by atoms with Crippen molar-refractivity contribution in [2.24, 2.45) is 5.73 Å². The van der Waals surface area contributed by atoms with E-state index < -0.39 is 5.92 Å². The molecule has 0 unspecified atom stereocenters. The number of aryl methyl sites for hydroxylation is 1. The Kier molecular flexibility index (Phi) is 4.70. The molecule has 0 amide bonds. The van der Waals surface area contributed by atoms with E-state index in [0.29, 0.717) is 34.8 Å². The number of Topliss-reactive ketones (excluding diaryl/α,β-unsaturated/α-hetero) is 1. The highest BCUT2D eigenvalue weighted by atomic mass is 35.5. The van der Waals surface area contributed by atoms with Gasteiger partial charge in [0.05, 0.1) is 5.92 Å². The van der Waals surface area contributed by atoms with E-state index in [1.807, 2.05) is 49.4 Å². The molecular weight excluding hydrogens is 372 g/mol. The number of nitriles is 1. The van der Waals surface area contributed by atoms with E-state index in [2.05, 4.69) is 6.07 Å². The minimum absolute atomic E-state index is 0.0233. The fourth-order valence-electron chi connectivity index (χ4n) is 4.00. The summed E-state index contributed by atoms with van der Waals surface area (Å²) in [5.41, 5.74) is 9.76. The monoisotopic (exact) mass is 390 g/mol. The Hall–Kier alpha value is -3.03. The second-order valence-electron chi connectivity index (χ2n) is 7.22. The molecule has 0 saturated heterocycles. The van der Waals surface area contributed by atoms with Crippen LogP contribution in [-0.4, -0.2) is 5.78 Å². The highest BCUT2D eigenvalue weighted by Crippen LogP contribution is 2.47. The third-order valence-electron chi connectivity index (χ3n) is 5.43. The Morgan fingerprint density at radius 2 is 1.86 bits per heavy atom. The summed E-state index contributed by atoms with van der Waals surface area (Å²) < 4.78 is 5.78. The lowest BCUT2D eigenvalue weighted by Gasteiger charge is -2.34. The minimum atomic E-state index is -0.589. The first kappa shape index (κ1) is 18.3. The number of ether oxygens (including phenoxy) is 1. The molecule has 5 heteroatoms. The van der Waals surface area contributed by atoms with Gasteiger partial charge in [-0.25, -0.2) is 0 Å². The SMILES string of the molecule is Cc1ccc([C@@H]2CC(=O)C3=C(C2)OC(N)=C(C#N)[C@@H]3c2ccccc2Cl)cc1. The Morgan fingerprint density at radius 3 is 2.54 bits per heavy atom. The van der Waals surface area contributed by atoms with Gasteiger partial charge in [0, 0.05) is 23.4 Å². The van der Waals surface area contributed by atoms with Gasteiger partial charge in [-0.15, -0.1) is 0 Å². The zero-order valence-corrected chi connectivity index (χ0v) is 16.2. The first-order valence-electron chi connectivity index (χ1n) is 9.14. The molecule has 0 bridgehead atoms. The smallest absolute Gasteiger partial charge is 0.205 e. The Balaban J connectivity index is 1.80. The van der Waals surface area contributed by atoms with E-state index in [-0.39, 0.29) is 23.2 Å². The molecule has 0 saturated carbocycles. The first-order valence-corrected chi connectivity index (χ1v) is 9.52. The van der Waals surface area contributed by atoms with E-state index in [4.69, 9.17) is 22.1 Å². The molecule has 28 heavy (non-hydrogen) atoms. The zero-order chi connectivity index (χ0) is 19.8. The maximum Gasteiger partial charge on any atom is 0.205 e. The van der Waals surface area contributed by atoms with Gasteiger partial charge in [0.1, 0.15) is 17.4 Å². The number of nitrogens with zero attached hydrogens (tertiary/aromatic N) is 1. The van der Waals surface area contributed by atoms with Crippen molar-refractivity contribution in [3.05, 3.63) is 93.0 Å². The van der Waals surface area contributed by atoms with Crippen molar-refractivity contribution in [3.8, 4) is 6.07 Å². The van der Waals surface area contributed by atoms with E-state index in [1.54, 1.807) is 6.07 Å². The van der Waals surface area contributed by atoms with Gasteiger partial charge < -0.3 is 10.5 Å². The molecule has 140 valence electrons. The highest BCUT2D eigenvalue weighted by Gasteiger charge is 2.41. The first-order chi connectivity index (χ1) is 13.5. The number of hydrogen-bond donors (Lipinski definition) is 1. The average molecular weight is 391 g/mol. The van der Waals surface area contributed by atoms with Crippen LogP contribution < -0.4 is 5.73 Å². The molecule has 0 radical (unpaired) electrons. The van der Waals surface area contributed by atoms with Gasteiger partial charge in [0.25, 0.3) is 0 Å². The predicted octanol–water partition coefficient (Wildman–Crippen LogP) is 4.86. The van der Waals surface area contributed by atoms with Gasteiger partial charge in [0.2, 0.25) is 5.88 Å². The van der Waals surface area contributed by atoms with Gasteiger partial charge in [-0.2, -0.15) is 5.26 Å². The number of benzene rings is 2. The summed E-state index contributed by atoms with van der Waals surface area (Å²) in [5, 5.41) is 10.2. The molecule has 2 N–H and O–H groups in total. The molecule has 0 fully saturated rings. The molecule has 2 atom stereocenters. The minimum Gasteiger partial charge on any atom is -0.444 e. The van der Waals surface area contributed by atoms with Crippen LogP contribution in [0.4, 0.5) is 0 Å². The number of ketones is 1. The van der Waals surface area contributed by atoms with E-state index in [1.165, 1.54) is 5.56 Å². The largest absolute Gasteiger partial charge is 0.444 e. The van der Waals surface area contributed by atoms with Crippen molar-refractivity contribution in [3.63, 3.8) is 0 Å². The fraction of sp³-hybridized carbons (Fsp3) is 0.217. The van der Waals surface area contributed by atoms with Crippen molar-refractivity contribution in [1.29, 1.82) is 5.26 Å². The van der Waals surface area contributed by atoms with Crippen LogP contribution in [0.2, 0.25) is 5.02 Å². The maximum atomic E-state index is 13.2. The zero-order valence-electron chi connectivity index (χ0n) is 15.4. The lowest BCUT2D eigenvalue weighted by Crippen LogP contribution is -2.30. The number of carbonyl (C=O) groups excluding carboxylic acids is 1. The molecule has 1 aliphatic carbocycles. The average Bonchev–Trinajstić information content (AvgIpc) is 2.68. The maximum absolute atomic E-state index is 13.2. The Morgan fingerprint density at radius 1 is 1.14 bits per heavy atom. The van der Waals surface area contributed by atoms with Gasteiger partial charge in [-0.1, -0.05) is 59.6 Å². The molecule has 4 nitrogen and oxygen atoms in total. The highest BCUT2D eigenvalue weighted by molar-refractivity contribution is 6.31. The molecule has 1 aliphatic heterocycles. The van der Waals surface area contributed by atoms with Crippen molar-refractivity contribution >= 4 is 17.4 Å². The number of halogens is 1. The molecule has 1 heterocycles.